The van der Waals surface area contributed by atoms with E-state index in [9.17, 15) is 0 Å². The van der Waals surface area contributed by atoms with Gasteiger partial charge in [0.1, 0.15) is 5.84 Å². The van der Waals surface area contributed by atoms with Crippen molar-refractivity contribution in [2.45, 2.75) is 38.6 Å². The van der Waals surface area contributed by atoms with Crippen LogP contribution in [0.3, 0.4) is 0 Å². The number of nitrogen functional groups attached to an aromatic ring is 1. The highest BCUT2D eigenvalue weighted by atomic mass is 35.5. The first-order chi connectivity index (χ1) is 9.00. The third-order valence-corrected chi connectivity index (χ3v) is 4.51. The Morgan fingerprint density at radius 1 is 1.37 bits per heavy atom. The molecule has 1 aromatic rings. The monoisotopic (exact) mass is 279 g/mol. The molecule has 2 unspecified atom stereocenters. The van der Waals surface area contributed by atoms with Crippen LogP contribution in [0, 0.1) is 11.3 Å². The van der Waals surface area contributed by atoms with Crippen molar-refractivity contribution >= 4 is 23.1 Å². The average molecular weight is 280 g/mol. The van der Waals surface area contributed by atoms with Crippen molar-refractivity contribution in [3.63, 3.8) is 0 Å². The summed E-state index contributed by atoms with van der Waals surface area (Å²) in [5.41, 5.74) is 7.20. The van der Waals surface area contributed by atoms with Crippen LogP contribution in [0.15, 0.2) is 18.2 Å². The standard InChI is InChI=1S/C15H22ClN3/c1-10-5-3-4-6-13(10)19(2)14-8-7-11(15(17)18)9-12(14)16/h7-10,13H,3-6H2,1-2H3,(H3,17,18). The number of benzene rings is 1. The van der Waals surface area contributed by atoms with Gasteiger partial charge in [0.25, 0.3) is 0 Å². The quantitative estimate of drug-likeness (QED) is 0.656. The molecule has 0 bridgehead atoms. The lowest BCUT2D eigenvalue weighted by atomic mass is 9.85. The molecule has 104 valence electrons. The number of amidine groups is 1. The predicted molar refractivity (Wildman–Crippen MR) is 82.3 cm³/mol. The summed E-state index contributed by atoms with van der Waals surface area (Å²) in [7, 11) is 2.11. The van der Waals surface area contributed by atoms with Crippen molar-refractivity contribution in [2.24, 2.45) is 11.7 Å². The van der Waals surface area contributed by atoms with Crippen LogP contribution in [0.25, 0.3) is 0 Å². The van der Waals surface area contributed by atoms with E-state index in [4.69, 9.17) is 22.7 Å². The van der Waals surface area contributed by atoms with E-state index in [-0.39, 0.29) is 5.84 Å². The fraction of sp³-hybridized carbons (Fsp3) is 0.533. The second-order valence-electron chi connectivity index (χ2n) is 5.52. The average Bonchev–Trinajstić information content (AvgIpc) is 2.38. The Morgan fingerprint density at radius 3 is 2.63 bits per heavy atom. The van der Waals surface area contributed by atoms with Crippen molar-refractivity contribution in [3.8, 4) is 0 Å². The maximum absolute atomic E-state index is 7.44. The SMILES string of the molecule is CC1CCCCC1N(C)c1ccc(C(=N)N)cc1Cl. The second-order valence-corrected chi connectivity index (χ2v) is 5.93. The predicted octanol–water partition coefficient (Wildman–Crippen LogP) is 3.64. The number of hydrogen-bond acceptors (Lipinski definition) is 2. The fourth-order valence-electron chi connectivity index (χ4n) is 3.01. The summed E-state index contributed by atoms with van der Waals surface area (Å²) in [5.74, 6) is 0.754. The molecule has 0 aromatic heterocycles. The summed E-state index contributed by atoms with van der Waals surface area (Å²) in [6, 6.07) is 6.17. The van der Waals surface area contributed by atoms with Gasteiger partial charge in [0.05, 0.1) is 10.7 Å². The first-order valence-electron chi connectivity index (χ1n) is 6.87. The van der Waals surface area contributed by atoms with Gasteiger partial charge in [0.2, 0.25) is 0 Å². The van der Waals surface area contributed by atoms with Crippen LogP contribution in [-0.2, 0) is 0 Å². The molecule has 1 aromatic carbocycles. The Hall–Kier alpha value is -1.22. The summed E-state index contributed by atoms with van der Waals surface area (Å²) >= 11 is 6.34. The minimum atomic E-state index is 0.0575. The van der Waals surface area contributed by atoms with Gasteiger partial charge in [-0.3, -0.25) is 5.41 Å². The van der Waals surface area contributed by atoms with Gasteiger partial charge < -0.3 is 10.6 Å². The zero-order valence-corrected chi connectivity index (χ0v) is 12.4. The van der Waals surface area contributed by atoms with Crippen LogP contribution in [0.4, 0.5) is 5.69 Å². The number of nitrogens with two attached hydrogens (primary N) is 1. The number of hydrogen-bond donors (Lipinski definition) is 2. The van der Waals surface area contributed by atoms with Crippen LogP contribution in [0.1, 0.15) is 38.2 Å². The van der Waals surface area contributed by atoms with E-state index >= 15 is 0 Å². The molecule has 1 saturated carbocycles. The van der Waals surface area contributed by atoms with Crippen LogP contribution in [0.2, 0.25) is 5.02 Å². The molecule has 0 spiro atoms. The van der Waals surface area contributed by atoms with Gasteiger partial charge in [-0.05, 0) is 37.0 Å². The summed E-state index contributed by atoms with van der Waals surface area (Å²) < 4.78 is 0. The summed E-state index contributed by atoms with van der Waals surface area (Å²) in [4.78, 5) is 2.29. The number of anilines is 1. The van der Waals surface area contributed by atoms with Crippen molar-refractivity contribution in [1.29, 1.82) is 5.41 Å². The van der Waals surface area contributed by atoms with Gasteiger partial charge in [-0.2, -0.15) is 0 Å². The molecular weight excluding hydrogens is 258 g/mol. The number of rotatable bonds is 3. The topological polar surface area (TPSA) is 53.1 Å². The molecule has 1 fully saturated rings. The van der Waals surface area contributed by atoms with Crippen molar-refractivity contribution < 1.29 is 0 Å². The van der Waals surface area contributed by atoms with Gasteiger partial charge in [-0.15, -0.1) is 0 Å². The third-order valence-electron chi connectivity index (χ3n) is 4.20. The molecule has 3 nitrogen and oxygen atoms in total. The normalized spacial score (nSPS) is 23.1. The lowest BCUT2D eigenvalue weighted by Crippen LogP contribution is -2.39. The van der Waals surface area contributed by atoms with Gasteiger partial charge in [0.15, 0.2) is 0 Å². The molecule has 2 atom stereocenters. The van der Waals surface area contributed by atoms with Crippen LogP contribution >= 0.6 is 11.6 Å². The van der Waals surface area contributed by atoms with Gasteiger partial charge in [-0.1, -0.05) is 31.4 Å². The molecule has 0 heterocycles. The van der Waals surface area contributed by atoms with E-state index in [0.717, 1.165) is 5.69 Å². The fourth-order valence-corrected chi connectivity index (χ4v) is 3.33. The maximum atomic E-state index is 7.44. The largest absolute Gasteiger partial charge is 0.384 e. The smallest absolute Gasteiger partial charge is 0.122 e. The Balaban J connectivity index is 2.23. The molecule has 1 aliphatic carbocycles. The van der Waals surface area contributed by atoms with Crippen molar-refractivity contribution in [1.82, 2.24) is 0 Å². The lowest BCUT2D eigenvalue weighted by molar-refractivity contribution is 0.321. The van der Waals surface area contributed by atoms with E-state index in [2.05, 4.69) is 18.9 Å². The maximum Gasteiger partial charge on any atom is 0.122 e. The number of nitrogens with zero attached hydrogens (tertiary/aromatic N) is 1. The Bertz CT molecular complexity index is 472. The summed E-state index contributed by atoms with van der Waals surface area (Å²) in [5, 5.41) is 8.12. The van der Waals surface area contributed by atoms with E-state index in [1.807, 2.05) is 12.1 Å². The zero-order valence-electron chi connectivity index (χ0n) is 11.6. The second kappa shape index (κ2) is 5.83. The molecule has 3 N–H and O–H groups in total. The first kappa shape index (κ1) is 14.2. The minimum Gasteiger partial charge on any atom is -0.384 e. The van der Waals surface area contributed by atoms with Crippen LogP contribution in [0.5, 0.6) is 0 Å². The Kier molecular flexibility index (Phi) is 4.35. The zero-order chi connectivity index (χ0) is 14.0. The number of nitrogens with one attached hydrogen (secondary N) is 1. The highest BCUT2D eigenvalue weighted by Crippen LogP contribution is 2.34. The van der Waals surface area contributed by atoms with Gasteiger partial charge in [-0.25, -0.2) is 0 Å². The molecule has 4 heteroatoms. The molecule has 0 radical (unpaired) electrons. The molecular formula is C15H22ClN3. The minimum absolute atomic E-state index is 0.0575. The molecule has 0 aliphatic heterocycles. The van der Waals surface area contributed by atoms with E-state index in [0.29, 0.717) is 22.5 Å². The highest BCUT2D eigenvalue weighted by Gasteiger charge is 2.26. The van der Waals surface area contributed by atoms with Crippen LogP contribution < -0.4 is 10.6 Å². The van der Waals surface area contributed by atoms with E-state index in [1.165, 1.54) is 25.7 Å². The van der Waals surface area contributed by atoms with E-state index < -0.39 is 0 Å². The first-order valence-corrected chi connectivity index (χ1v) is 7.25. The Morgan fingerprint density at radius 2 is 2.05 bits per heavy atom. The van der Waals surface area contributed by atoms with Crippen molar-refractivity contribution in [3.05, 3.63) is 28.8 Å². The number of halogens is 1. The summed E-state index contributed by atoms with van der Waals surface area (Å²) in [6.45, 7) is 2.32. The molecule has 2 rings (SSSR count). The van der Waals surface area contributed by atoms with E-state index in [1.54, 1.807) is 6.07 Å². The molecule has 1 aliphatic rings. The molecule has 0 saturated heterocycles. The van der Waals surface area contributed by atoms with Gasteiger partial charge >= 0.3 is 0 Å². The molecule has 19 heavy (non-hydrogen) atoms. The third kappa shape index (κ3) is 3.03. The highest BCUT2D eigenvalue weighted by molar-refractivity contribution is 6.33. The Labute approximate surface area is 120 Å². The van der Waals surface area contributed by atoms with Crippen molar-refractivity contribution in [2.75, 3.05) is 11.9 Å². The van der Waals surface area contributed by atoms with Crippen LogP contribution in [-0.4, -0.2) is 18.9 Å². The molecule has 0 amide bonds. The van der Waals surface area contributed by atoms with Gasteiger partial charge in [0, 0.05) is 18.7 Å². The summed E-state index contributed by atoms with van der Waals surface area (Å²) in [6.07, 6.45) is 5.14. The lowest BCUT2D eigenvalue weighted by Gasteiger charge is -2.38.